The van der Waals surface area contributed by atoms with Crippen LogP contribution in [0, 0.1) is 0 Å². The van der Waals surface area contributed by atoms with Crippen molar-refractivity contribution in [2.75, 3.05) is 17.7 Å². The van der Waals surface area contributed by atoms with Crippen molar-refractivity contribution in [3.8, 4) is 5.75 Å². The Morgan fingerprint density at radius 2 is 1.89 bits per heavy atom. The number of hydrogen-bond acceptors (Lipinski definition) is 3. The summed E-state index contributed by atoms with van der Waals surface area (Å²) in [6.07, 6.45) is 4.10. The molecule has 2 aromatic carbocycles. The van der Waals surface area contributed by atoms with Gasteiger partial charge < -0.3 is 19.9 Å². The highest BCUT2D eigenvalue weighted by molar-refractivity contribution is 5.95. The molecular weight excluding hydrogens is 354 g/mol. The van der Waals surface area contributed by atoms with Crippen LogP contribution in [0.15, 0.2) is 48.7 Å². The molecule has 0 aliphatic rings. The van der Waals surface area contributed by atoms with Crippen LogP contribution in [0.2, 0.25) is 0 Å². The molecule has 1 heterocycles. The van der Waals surface area contributed by atoms with Crippen molar-refractivity contribution in [3.63, 3.8) is 0 Å². The molecule has 0 saturated carbocycles. The molecule has 0 bridgehead atoms. The smallest absolute Gasteiger partial charge is 0.224 e. The number of ether oxygens (including phenoxy) is 1. The van der Waals surface area contributed by atoms with Crippen molar-refractivity contribution < 1.29 is 14.3 Å². The molecule has 3 rings (SSSR count). The predicted octanol–water partition coefficient (Wildman–Crippen LogP) is 4.11. The van der Waals surface area contributed by atoms with Gasteiger partial charge in [0.1, 0.15) is 5.75 Å². The van der Waals surface area contributed by atoms with Crippen LogP contribution in [-0.2, 0) is 23.1 Å². The number of para-hydroxylation sites is 1. The number of nitrogens with one attached hydrogen (secondary N) is 2. The van der Waals surface area contributed by atoms with Gasteiger partial charge in [-0.3, -0.25) is 9.59 Å². The molecule has 0 saturated heterocycles. The van der Waals surface area contributed by atoms with Gasteiger partial charge in [0.05, 0.1) is 12.8 Å². The number of amides is 2. The van der Waals surface area contributed by atoms with E-state index in [1.807, 2.05) is 19.2 Å². The molecule has 28 heavy (non-hydrogen) atoms. The molecule has 0 aliphatic heterocycles. The molecule has 3 aromatic rings. The fraction of sp³-hybridized carbons (Fsp3) is 0.273. The second-order valence-corrected chi connectivity index (χ2v) is 6.78. The quantitative estimate of drug-likeness (QED) is 0.649. The molecule has 2 amide bonds. The zero-order valence-corrected chi connectivity index (χ0v) is 16.4. The zero-order chi connectivity index (χ0) is 20.1. The zero-order valence-electron chi connectivity index (χ0n) is 16.4. The number of fused-ring (bicyclic) bond motifs is 1. The first-order valence-electron chi connectivity index (χ1n) is 9.26. The summed E-state index contributed by atoms with van der Waals surface area (Å²) in [4.78, 5) is 23.7. The van der Waals surface area contributed by atoms with Gasteiger partial charge in [0, 0.05) is 43.2 Å². The van der Waals surface area contributed by atoms with Crippen LogP contribution in [0.5, 0.6) is 5.75 Å². The Morgan fingerprint density at radius 1 is 1.11 bits per heavy atom. The molecule has 0 atom stereocenters. The standard InChI is InChI=1S/C22H25N3O3/c1-15(26)23-17-11-12-21(28-3)19(13-17)24-22(27)10-6-7-16-14-25(2)20-9-5-4-8-18(16)20/h4-5,8-9,11-14H,6-7,10H2,1-3H3,(H,23,26)(H,24,27). The number of carbonyl (C=O) groups is 2. The highest BCUT2D eigenvalue weighted by Crippen LogP contribution is 2.28. The maximum Gasteiger partial charge on any atom is 0.224 e. The van der Waals surface area contributed by atoms with Crippen molar-refractivity contribution in [3.05, 3.63) is 54.2 Å². The number of aromatic nitrogens is 1. The van der Waals surface area contributed by atoms with Gasteiger partial charge in [-0.2, -0.15) is 0 Å². The molecule has 146 valence electrons. The van der Waals surface area contributed by atoms with Gasteiger partial charge in [-0.25, -0.2) is 0 Å². The minimum atomic E-state index is -0.169. The Labute approximate surface area is 164 Å². The topological polar surface area (TPSA) is 72.4 Å². The highest BCUT2D eigenvalue weighted by atomic mass is 16.5. The summed E-state index contributed by atoms with van der Waals surface area (Å²) in [7, 11) is 3.58. The van der Waals surface area contributed by atoms with Crippen molar-refractivity contribution in [1.29, 1.82) is 0 Å². The third-order valence-corrected chi connectivity index (χ3v) is 4.62. The van der Waals surface area contributed by atoms with E-state index in [9.17, 15) is 9.59 Å². The average molecular weight is 379 g/mol. The summed E-state index contributed by atoms with van der Waals surface area (Å²) in [6, 6.07) is 13.4. The Morgan fingerprint density at radius 3 is 2.64 bits per heavy atom. The second kappa shape index (κ2) is 8.61. The number of hydrogen-bond donors (Lipinski definition) is 2. The third kappa shape index (κ3) is 4.52. The lowest BCUT2D eigenvalue weighted by Gasteiger charge is -2.12. The van der Waals surface area contributed by atoms with Crippen LogP contribution in [0.1, 0.15) is 25.3 Å². The third-order valence-electron chi connectivity index (χ3n) is 4.62. The number of carbonyl (C=O) groups excluding carboxylic acids is 2. The first-order valence-corrected chi connectivity index (χ1v) is 9.26. The largest absolute Gasteiger partial charge is 0.495 e. The number of aryl methyl sites for hydroxylation is 2. The van der Waals surface area contributed by atoms with Gasteiger partial charge >= 0.3 is 0 Å². The molecular formula is C22H25N3O3. The number of nitrogens with zero attached hydrogens (tertiary/aromatic N) is 1. The maximum absolute atomic E-state index is 12.4. The van der Waals surface area contributed by atoms with E-state index in [2.05, 4.69) is 33.5 Å². The lowest BCUT2D eigenvalue weighted by molar-refractivity contribution is -0.116. The van der Waals surface area contributed by atoms with Crippen LogP contribution in [0.4, 0.5) is 11.4 Å². The molecule has 1 aromatic heterocycles. The van der Waals surface area contributed by atoms with Gasteiger partial charge in [-0.1, -0.05) is 18.2 Å². The SMILES string of the molecule is COc1ccc(NC(C)=O)cc1NC(=O)CCCc1cn(C)c2ccccc12. The van der Waals surface area contributed by atoms with E-state index in [4.69, 9.17) is 4.74 Å². The van der Waals surface area contributed by atoms with E-state index in [1.54, 1.807) is 25.3 Å². The molecule has 2 N–H and O–H groups in total. The number of benzene rings is 2. The van der Waals surface area contributed by atoms with Crippen molar-refractivity contribution in [2.45, 2.75) is 26.2 Å². The Hall–Kier alpha value is -3.28. The molecule has 0 fully saturated rings. The molecule has 6 nitrogen and oxygen atoms in total. The summed E-state index contributed by atoms with van der Waals surface area (Å²) < 4.78 is 7.41. The van der Waals surface area contributed by atoms with Crippen LogP contribution in [0.25, 0.3) is 10.9 Å². The van der Waals surface area contributed by atoms with Crippen molar-refractivity contribution >= 4 is 34.1 Å². The predicted molar refractivity (Wildman–Crippen MR) is 112 cm³/mol. The molecule has 0 radical (unpaired) electrons. The van der Waals surface area contributed by atoms with E-state index < -0.39 is 0 Å². The number of anilines is 2. The number of methoxy groups -OCH3 is 1. The van der Waals surface area contributed by atoms with E-state index in [1.165, 1.54) is 23.4 Å². The van der Waals surface area contributed by atoms with Gasteiger partial charge in [-0.15, -0.1) is 0 Å². The lowest BCUT2D eigenvalue weighted by atomic mass is 10.1. The van der Waals surface area contributed by atoms with Crippen molar-refractivity contribution in [2.24, 2.45) is 7.05 Å². The van der Waals surface area contributed by atoms with Crippen LogP contribution in [0.3, 0.4) is 0 Å². The van der Waals surface area contributed by atoms with Crippen LogP contribution in [-0.4, -0.2) is 23.5 Å². The number of rotatable bonds is 7. The van der Waals surface area contributed by atoms with Crippen LogP contribution < -0.4 is 15.4 Å². The van der Waals surface area contributed by atoms with Gasteiger partial charge in [0.25, 0.3) is 0 Å². The Balaban J connectivity index is 1.62. The molecule has 0 aliphatic carbocycles. The summed E-state index contributed by atoms with van der Waals surface area (Å²) in [5.74, 6) is 0.299. The fourth-order valence-corrected chi connectivity index (χ4v) is 3.36. The van der Waals surface area contributed by atoms with Gasteiger partial charge in [-0.05, 0) is 42.7 Å². The summed E-state index contributed by atoms with van der Waals surface area (Å²) in [5, 5.41) is 6.82. The van der Waals surface area contributed by atoms with Gasteiger partial charge in [0.2, 0.25) is 11.8 Å². The van der Waals surface area contributed by atoms with E-state index in [0.29, 0.717) is 23.5 Å². The summed E-state index contributed by atoms with van der Waals surface area (Å²) in [5.41, 5.74) is 3.60. The second-order valence-electron chi connectivity index (χ2n) is 6.78. The first kappa shape index (κ1) is 19.5. The summed E-state index contributed by atoms with van der Waals surface area (Å²) in [6.45, 7) is 1.44. The normalized spacial score (nSPS) is 10.7. The molecule has 0 unspecified atom stereocenters. The summed E-state index contributed by atoms with van der Waals surface area (Å²) >= 11 is 0. The van der Waals surface area contributed by atoms with Crippen molar-refractivity contribution in [1.82, 2.24) is 4.57 Å². The Kier molecular flexibility index (Phi) is 5.99. The monoisotopic (exact) mass is 379 g/mol. The minimum Gasteiger partial charge on any atom is -0.495 e. The van der Waals surface area contributed by atoms with E-state index in [-0.39, 0.29) is 11.8 Å². The van der Waals surface area contributed by atoms with E-state index >= 15 is 0 Å². The fourth-order valence-electron chi connectivity index (χ4n) is 3.36. The molecule has 0 spiro atoms. The highest BCUT2D eigenvalue weighted by Gasteiger charge is 2.11. The lowest BCUT2D eigenvalue weighted by Crippen LogP contribution is -2.13. The average Bonchev–Trinajstić information content (AvgIpc) is 2.98. The van der Waals surface area contributed by atoms with E-state index in [0.717, 1.165) is 12.8 Å². The minimum absolute atomic E-state index is 0.0847. The molecule has 6 heteroatoms. The van der Waals surface area contributed by atoms with Crippen LogP contribution >= 0.6 is 0 Å². The van der Waals surface area contributed by atoms with Gasteiger partial charge in [0.15, 0.2) is 0 Å². The first-order chi connectivity index (χ1) is 13.5. The maximum atomic E-state index is 12.4. The Bertz CT molecular complexity index is 1010.